The van der Waals surface area contributed by atoms with Crippen LogP contribution in [0.25, 0.3) is 0 Å². The fourth-order valence-electron chi connectivity index (χ4n) is 0.983. The van der Waals surface area contributed by atoms with Gasteiger partial charge in [-0.15, -0.1) is 0 Å². The van der Waals surface area contributed by atoms with Crippen molar-refractivity contribution >= 4 is 5.91 Å². The van der Waals surface area contributed by atoms with E-state index in [-0.39, 0.29) is 11.7 Å². The van der Waals surface area contributed by atoms with Gasteiger partial charge in [0.15, 0.2) is 0 Å². The number of rotatable bonds is 3. The molecule has 0 aromatic heterocycles. The summed E-state index contributed by atoms with van der Waals surface area (Å²) in [6.45, 7) is 3.76. The second-order valence-corrected chi connectivity index (χ2v) is 2.83. The van der Waals surface area contributed by atoms with Gasteiger partial charge in [-0.2, -0.15) is 0 Å². The number of hydroxylamine groups is 1. The Morgan fingerprint density at radius 3 is 2.86 bits per heavy atom. The van der Waals surface area contributed by atoms with Crippen LogP contribution in [0.2, 0.25) is 0 Å². The highest BCUT2D eigenvalue weighted by molar-refractivity contribution is 5.93. The minimum Gasteiger partial charge on any atom is -0.274 e. The molecule has 0 unspecified atom stereocenters. The molecule has 0 heterocycles. The summed E-state index contributed by atoms with van der Waals surface area (Å²) >= 11 is 0. The van der Waals surface area contributed by atoms with Crippen molar-refractivity contribution in [1.29, 1.82) is 0 Å². The summed E-state index contributed by atoms with van der Waals surface area (Å²) in [5.74, 6) is -0.687. The van der Waals surface area contributed by atoms with Crippen LogP contribution in [0.4, 0.5) is 4.39 Å². The number of amides is 1. The van der Waals surface area contributed by atoms with Crippen LogP contribution >= 0.6 is 0 Å². The number of hydrogen-bond donors (Lipinski definition) is 1. The molecule has 0 atom stereocenters. The molecule has 0 saturated heterocycles. The van der Waals surface area contributed by atoms with E-state index in [0.29, 0.717) is 17.7 Å². The Balaban J connectivity index is 2.76. The molecule has 0 aliphatic carbocycles. The zero-order valence-electron chi connectivity index (χ0n) is 8.13. The number of carbonyl (C=O) groups excluding carboxylic acids is 1. The second kappa shape index (κ2) is 4.72. The summed E-state index contributed by atoms with van der Waals surface area (Å²) < 4.78 is 12.9. The lowest BCUT2D eigenvalue weighted by Crippen LogP contribution is -2.23. The molecule has 0 radical (unpaired) electrons. The van der Waals surface area contributed by atoms with Gasteiger partial charge < -0.3 is 0 Å². The smallest absolute Gasteiger partial charge is 0.274 e. The van der Waals surface area contributed by atoms with Crippen LogP contribution in [-0.4, -0.2) is 12.5 Å². The molecule has 0 bridgehead atoms. The number of benzene rings is 1. The highest BCUT2D eigenvalue weighted by atomic mass is 19.1. The molecule has 0 saturated carbocycles. The molecule has 1 aromatic carbocycles. The number of carbonyl (C=O) groups is 1. The summed E-state index contributed by atoms with van der Waals surface area (Å²) in [5.41, 5.74) is 3.06. The van der Waals surface area contributed by atoms with Crippen molar-refractivity contribution in [2.24, 2.45) is 0 Å². The van der Waals surface area contributed by atoms with Gasteiger partial charge in [-0.3, -0.25) is 9.63 Å². The maximum atomic E-state index is 12.9. The molecule has 1 aromatic rings. The van der Waals surface area contributed by atoms with Crippen molar-refractivity contribution in [3.63, 3.8) is 0 Å². The first-order chi connectivity index (χ1) is 6.65. The van der Waals surface area contributed by atoms with Crippen LogP contribution in [0, 0.1) is 12.7 Å². The molecule has 0 aliphatic heterocycles. The Morgan fingerprint density at radius 1 is 1.57 bits per heavy atom. The van der Waals surface area contributed by atoms with Gasteiger partial charge in [0.1, 0.15) is 5.82 Å². The van der Waals surface area contributed by atoms with Crippen molar-refractivity contribution in [2.75, 3.05) is 6.61 Å². The monoisotopic (exact) mass is 197 g/mol. The van der Waals surface area contributed by atoms with Gasteiger partial charge in [0.05, 0.1) is 6.61 Å². The molecular formula is C10H12FNO2. The Hall–Kier alpha value is -1.42. The molecule has 14 heavy (non-hydrogen) atoms. The third-order valence-electron chi connectivity index (χ3n) is 1.73. The third kappa shape index (κ3) is 2.53. The number of halogens is 1. The molecule has 1 amide bonds. The highest BCUT2D eigenvalue weighted by Gasteiger charge is 2.06. The topological polar surface area (TPSA) is 38.3 Å². The average Bonchev–Trinajstić information content (AvgIpc) is 2.18. The van der Waals surface area contributed by atoms with E-state index in [1.54, 1.807) is 13.8 Å². The van der Waals surface area contributed by atoms with Crippen molar-refractivity contribution < 1.29 is 14.0 Å². The Morgan fingerprint density at radius 2 is 2.29 bits per heavy atom. The van der Waals surface area contributed by atoms with Gasteiger partial charge in [0, 0.05) is 5.56 Å². The van der Waals surface area contributed by atoms with E-state index in [2.05, 4.69) is 5.48 Å². The molecule has 76 valence electrons. The Bertz CT molecular complexity index is 339. The van der Waals surface area contributed by atoms with E-state index in [9.17, 15) is 9.18 Å². The van der Waals surface area contributed by atoms with E-state index in [0.717, 1.165) is 0 Å². The van der Waals surface area contributed by atoms with E-state index in [1.807, 2.05) is 0 Å². The molecule has 0 spiro atoms. The fourth-order valence-corrected chi connectivity index (χ4v) is 0.983. The first-order valence-corrected chi connectivity index (χ1v) is 4.33. The predicted molar refractivity (Wildman–Crippen MR) is 50.2 cm³/mol. The number of hydrogen-bond acceptors (Lipinski definition) is 2. The summed E-state index contributed by atoms with van der Waals surface area (Å²) in [6.07, 6.45) is 0. The van der Waals surface area contributed by atoms with Gasteiger partial charge in [0.25, 0.3) is 5.91 Å². The Labute approximate surface area is 81.8 Å². The zero-order chi connectivity index (χ0) is 10.6. The van der Waals surface area contributed by atoms with Crippen molar-refractivity contribution in [2.45, 2.75) is 13.8 Å². The van der Waals surface area contributed by atoms with E-state index in [4.69, 9.17) is 4.84 Å². The van der Waals surface area contributed by atoms with Crippen molar-refractivity contribution in [1.82, 2.24) is 5.48 Å². The molecule has 1 rings (SSSR count). The first kappa shape index (κ1) is 10.7. The van der Waals surface area contributed by atoms with Crippen LogP contribution in [-0.2, 0) is 4.84 Å². The lowest BCUT2D eigenvalue weighted by atomic mass is 10.1. The number of nitrogens with one attached hydrogen (secondary N) is 1. The molecular weight excluding hydrogens is 185 g/mol. The fraction of sp³-hybridized carbons (Fsp3) is 0.300. The summed E-state index contributed by atoms with van der Waals surface area (Å²) in [5, 5.41) is 0. The maximum Gasteiger partial charge on any atom is 0.274 e. The lowest BCUT2D eigenvalue weighted by Gasteiger charge is -2.04. The van der Waals surface area contributed by atoms with Crippen LogP contribution in [0.1, 0.15) is 22.8 Å². The van der Waals surface area contributed by atoms with Gasteiger partial charge >= 0.3 is 0 Å². The summed E-state index contributed by atoms with van der Waals surface area (Å²) in [7, 11) is 0. The molecule has 0 aliphatic rings. The molecule has 3 nitrogen and oxygen atoms in total. The largest absolute Gasteiger partial charge is 0.274 e. The van der Waals surface area contributed by atoms with Crippen LogP contribution < -0.4 is 5.48 Å². The van der Waals surface area contributed by atoms with Gasteiger partial charge in [-0.25, -0.2) is 9.87 Å². The molecule has 1 N–H and O–H groups in total. The van der Waals surface area contributed by atoms with Gasteiger partial charge in [0.2, 0.25) is 0 Å². The predicted octanol–water partition coefficient (Wildman–Crippen LogP) is 1.82. The lowest BCUT2D eigenvalue weighted by molar-refractivity contribution is 0.0364. The molecule has 0 fully saturated rings. The first-order valence-electron chi connectivity index (χ1n) is 4.33. The van der Waals surface area contributed by atoms with E-state index < -0.39 is 0 Å². The van der Waals surface area contributed by atoms with E-state index >= 15 is 0 Å². The summed E-state index contributed by atoms with van der Waals surface area (Å²) in [6, 6.07) is 4.15. The zero-order valence-corrected chi connectivity index (χ0v) is 8.13. The standard InChI is InChI=1S/C10H12FNO2/c1-3-14-12-10(13)8-4-5-9(11)7(2)6-8/h4-6H,3H2,1-2H3,(H,12,13). The minimum atomic E-state index is -0.366. The molecule has 4 heteroatoms. The van der Waals surface area contributed by atoms with Crippen LogP contribution in [0.5, 0.6) is 0 Å². The van der Waals surface area contributed by atoms with E-state index in [1.165, 1.54) is 18.2 Å². The van der Waals surface area contributed by atoms with Gasteiger partial charge in [-0.05, 0) is 37.6 Å². The average molecular weight is 197 g/mol. The van der Waals surface area contributed by atoms with Crippen LogP contribution in [0.3, 0.4) is 0 Å². The SMILES string of the molecule is CCONC(=O)c1ccc(F)c(C)c1. The number of aryl methyl sites for hydroxylation is 1. The highest BCUT2D eigenvalue weighted by Crippen LogP contribution is 2.08. The summed E-state index contributed by atoms with van der Waals surface area (Å²) in [4.78, 5) is 16.0. The quantitative estimate of drug-likeness (QED) is 0.750. The Kier molecular flexibility index (Phi) is 3.59. The second-order valence-electron chi connectivity index (χ2n) is 2.83. The normalized spacial score (nSPS) is 9.93. The minimum absolute atomic E-state index is 0.321. The van der Waals surface area contributed by atoms with Crippen molar-refractivity contribution in [3.05, 3.63) is 35.1 Å². The van der Waals surface area contributed by atoms with Crippen LogP contribution in [0.15, 0.2) is 18.2 Å². The third-order valence-corrected chi connectivity index (χ3v) is 1.73. The van der Waals surface area contributed by atoms with Gasteiger partial charge in [-0.1, -0.05) is 0 Å². The maximum absolute atomic E-state index is 12.9. The van der Waals surface area contributed by atoms with Crippen molar-refractivity contribution in [3.8, 4) is 0 Å².